The molecule has 0 heterocycles. The number of terminal acetylenes is 1. The molecule has 0 aliphatic carbocycles. The van der Waals surface area contributed by atoms with Gasteiger partial charge in [-0.15, -0.1) is 6.42 Å². The number of rotatable bonds is 2. The molecule has 4 heteroatoms. The van der Waals surface area contributed by atoms with Crippen molar-refractivity contribution in [2.75, 3.05) is 10.6 Å². The van der Waals surface area contributed by atoms with E-state index in [0.29, 0.717) is 11.4 Å². The molecule has 0 saturated carbocycles. The van der Waals surface area contributed by atoms with Crippen LogP contribution in [0.1, 0.15) is 12.5 Å². The van der Waals surface area contributed by atoms with Gasteiger partial charge in [-0.05, 0) is 30.5 Å². The molecule has 0 radical (unpaired) electrons. The van der Waals surface area contributed by atoms with E-state index in [1.807, 2.05) is 5.92 Å². The zero-order valence-corrected chi connectivity index (χ0v) is 9.13. The average Bonchev–Trinajstić information content (AvgIpc) is 2.23. The molecule has 0 aromatic heterocycles. The van der Waals surface area contributed by atoms with Gasteiger partial charge in [0.2, 0.25) is 5.91 Å². The van der Waals surface area contributed by atoms with E-state index in [1.54, 1.807) is 25.1 Å². The maximum absolute atomic E-state index is 11.0. The van der Waals surface area contributed by atoms with Crippen molar-refractivity contribution < 1.29 is 9.59 Å². The Bertz CT molecular complexity index is 472. The molecule has 1 aromatic carbocycles. The minimum atomic E-state index is -0.511. The number of carbonyl (C=O) groups is 2. The van der Waals surface area contributed by atoms with Crippen LogP contribution in [0.2, 0.25) is 0 Å². The summed E-state index contributed by atoms with van der Waals surface area (Å²) in [5, 5.41) is 5.21. The molecule has 2 N–H and O–H groups in total. The molecule has 82 valence electrons. The highest BCUT2D eigenvalue weighted by molar-refractivity contribution is 6.04. The largest absolute Gasteiger partial charge is 0.326 e. The molecule has 1 aromatic rings. The summed E-state index contributed by atoms with van der Waals surface area (Å²) in [5.74, 6) is 1.29. The van der Waals surface area contributed by atoms with Crippen LogP contribution < -0.4 is 10.6 Å². The van der Waals surface area contributed by atoms with Crippen molar-refractivity contribution in [3.8, 4) is 12.3 Å². The number of benzene rings is 1. The molecule has 4 nitrogen and oxygen atoms in total. The first kappa shape index (κ1) is 11.8. The third-order valence-corrected chi connectivity index (χ3v) is 2.02. The molecule has 0 fully saturated rings. The lowest BCUT2D eigenvalue weighted by atomic mass is 10.1. The van der Waals surface area contributed by atoms with Gasteiger partial charge in [-0.1, -0.05) is 6.07 Å². The monoisotopic (exact) mass is 216 g/mol. The Morgan fingerprint density at radius 3 is 2.31 bits per heavy atom. The van der Waals surface area contributed by atoms with Gasteiger partial charge in [-0.2, -0.15) is 0 Å². The van der Waals surface area contributed by atoms with Gasteiger partial charge < -0.3 is 10.6 Å². The first-order valence-corrected chi connectivity index (χ1v) is 4.69. The average molecular weight is 216 g/mol. The number of anilines is 2. The molecule has 1 rings (SSSR count). The van der Waals surface area contributed by atoms with E-state index in [-0.39, 0.29) is 5.91 Å². The first-order chi connectivity index (χ1) is 7.54. The minimum Gasteiger partial charge on any atom is -0.326 e. The van der Waals surface area contributed by atoms with E-state index in [4.69, 9.17) is 6.42 Å². The Kier molecular flexibility index (Phi) is 3.67. The summed E-state index contributed by atoms with van der Waals surface area (Å²) in [5.41, 5.74) is 2.01. The lowest BCUT2D eigenvalue weighted by molar-refractivity contribution is -0.114. The topological polar surface area (TPSA) is 58.2 Å². The van der Waals surface area contributed by atoms with E-state index >= 15 is 0 Å². The summed E-state index contributed by atoms with van der Waals surface area (Å²) < 4.78 is 0. The second-order valence-electron chi connectivity index (χ2n) is 3.26. The highest BCUT2D eigenvalue weighted by Crippen LogP contribution is 2.23. The molecular formula is C12H12N2O2. The molecule has 0 spiro atoms. The highest BCUT2D eigenvalue weighted by Gasteiger charge is 2.06. The standard InChI is InChI=1S/C12H12N2O2/c1-4-12(16)14-11-7-5-6-10(8(11)2)13-9(3)15/h1,5-7H,2-3H3,(H,13,15)(H,14,16). The summed E-state index contributed by atoms with van der Waals surface area (Å²) >= 11 is 0. The summed E-state index contributed by atoms with van der Waals surface area (Å²) in [6.45, 7) is 3.21. The van der Waals surface area contributed by atoms with Gasteiger partial charge in [0, 0.05) is 18.3 Å². The second-order valence-corrected chi connectivity index (χ2v) is 3.26. The highest BCUT2D eigenvalue weighted by atomic mass is 16.2. The quantitative estimate of drug-likeness (QED) is 0.736. The van der Waals surface area contributed by atoms with E-state index in [9.17, 15) is 9.59 Å². The fourth-order valence-electron chi connectivity index (χ4n) is 1.25. The Labute approximate surface area is 94.0 Å². The van der Waals surface area contributed by atoms with Gasteiger partial charge in [0.25, 0.3) is 5.91 Å². The SMILES string of the molecule is C#CC(=O)Nc1cccc(NC(C)=O)c1C. The van der Waals surface area contributed by atoms with Crippen LogP contribution in [-0.2, 0) is 9.59 Å². The molecule has 0 bridgehead atoms. The summed E-state index contributed by atoms with van der Waals surface area (Å²) in [7, 11) is 0. The number of nitrogens with one attached hydrogen (secondary N) is 2. The van der Waals surface area contributed by atoms with Crippen LogP contribution in [0, 0.1) is 19.3 Å². The van der Waals surface area contributed by atoms with Crippen LogP contribution in [0.5, 0.6) is 0 Å². The summed E-state index contributed by atoms with van der Waals surface area (Å²) in [6.07, 6.45) is 4.96. The third kappa shape index (κ3) is 2.85. The Hall–Kier alpha value is -2.28. The number of hydrogen-bond acceptors (Lipinski definition) is 2. The van der Waals surface area contributed by atoms with Crippen molar-refractivity contribution in [1.82, 2.24) is 0 Å². The molecule has 16 heavy (non-hydrogen) atoms. The first-order valence-electron chi connectivity index (χ1n) is 4.69. The number of hydrogen-bond donors (Lipinski definition) is 2. The smallest absolute Gasteiger partial charge is 0.300 e. The maximum atomic E-state index is 11.0. The van der Waals surface area contributed by atoms with Gasteiger partial charge in [-0.3, -0.25) is 9.59 Å². The molecule has 0 saturated heterocycles. The normalized spacial score (nSPS) is 9.06. The zero-order valence-electron chi connectivity index (χ0n) is 9.13. The lowest BCUT2D eigenvalue weighted by Crippen LogP contribution is -2.12. The fraction of sp³-hybridized carbons (Fsp3) is 0.167. The van der Waals surface area contributed by atoms with Crippen molar-refractivity contribution in [2.24, 2.45) is 0 Å². The van der Waals surface area contributed by atoms with Crippen molar-refractivity contribution in [1.29, 1.82) is 0 Å². The Morgan fingerprint density at radius 1 is 1.25 bits per heavy atom. The van der Waals surface area contributed by atoms with E-state index in [0.717, 1.165) is 5.56 Å². The van der Waals surface area contributed by atoms with Crippen molar-refractivity contribution in [3.63, 3.8) is 0 Å². The molecule has 0 atom stereocenters. The van der Waals surface area contributed by atoms with Gasteiger partial charge in [0.15, 0.2) is 0 Å². The lowest BCUT2D eigenvalue weighted by Gasteiger charge is -2.11. The molecule has 0 unspecified atom stereocenters. The predicted octanol–water partition coefficient (Wildman–Crippen LogP) is 1.53. The van der Waals surface area contributed by atoms with Crippen LogP contribution >= 0.6 is 0 Å². The van der Waals surface area contributed by atoms with E-state index < -0.39 is 5.91 Å². The van der Waals surface area contributed by atoms with Crippen LogP contribution in [0.25, 0.3) is 0 Å². The van der Waals surface area contributed by atoms with E-state index in [2.05, 4.69) is 10.6 Å². The van der Waals surface area contributed by atoms with Crippen LogP contribution in [0.3, 0.4) is 0 Å². The zero-order chi connectivity index (χ0) is 12.1. The summed E-state index contributed by atoms with van der Waals surface area (Å²) in [4.78, 5) is 22.0. The van der Waals surface area contributed by atoms with Crippen LogP contribution in [0.15, 0.2) is 18.2 Å². The minimum absolute atomic E-state index is 0.163. The number of carbonyl (C=O) groups excluding carboxylic acids is 2. The Balaban J connectivity index is 3.00. The maximum Gasteiger partial charge on any atom is 0.300 e. The second kappa shape index (κ2) is 4.99. The van der Waals surface area contributed by atoms with Crippen molar-refractivity contribution >= 4 is 23.2 Å². The van der Waals surface area contributed by atoms with Crippen LogP contribution in [0.4, 0.5) is 11.4 Å². The van der Waals surface area contributed by atoms with Gasteiger partial charge in [0.1, 0.15) is 0 Å². The number of amides is 2. The molecule has 2 amide bonds. The third-order valence-electron chi connectivity index (χ3n) is 2.02. The van der Waals surface area contributed by atoms with Crippen LogP contribution in [-0.4, -0.2) is 11.8 Å². The van der Waals surface area contributed by atoms with Crippen molar-refractivity contribution in [3.05, 3.63) is 23.8 Å². The van der Waals surface area contributed by atoms with Gasteiger partial charge in [0.05, 0.1) is 0 Å². The van der Waals surface area contributed by atoms with Gasteiger partial charge in [-0.25, -0.2) is 0 Å². The molecule has 0 aliphatic heterocycles. The molecule has 0 aliphatic rings. The predicted molar refractivity (Wildman–Crippen MR) is 62.9 cm³/mol. The summed E-state index contributed by atoms with van der Waals surface area (Å²) in [6, 6.07) is 5.20. The van der Waals surface area contributed by atoms with E-state index in [1.165, 1.54) is 6.92 Å². The fourth-order valence-corrected chi connectivity index (χ4v) is 1.25. The van der Waals surface area contributed by atoms with Crippen molar-refractivity contribution in [2.45, 2.75) is 13.8 Å². The van der Waals surface area contributed by atoms with Gasteiger partial charge >= 0.3 is 0 Å². The molecular weight excluding hydrogens is 204 g/mol. The Morgan fingerprint density at radius 2 is 1.81 bits per heavy atom.